The second-order valence-corrected chi connectivity index (χ2v) is 11.8. The monoisotopic (exact) mass is 520 g/mol. The third kappa shape index (κ3) is 4.16. The van der Waals surface area contributed by atoms with Crippen LogP contribution in [0.4, 0.5) is 0 Å². The van der Waals surface area contributed by atoms with Crippen molar-refractivity contribution in [2.24, 2.45) is 23.0 Å². The second kappa shape index (κ2) is 10.6. The number of benzene rings is 2. The number of primary amides is 1. The van der Waals surface area contributed by atoms with Gasteiger partial charge < -0.3 is 24.8 Å². The first-order chi connectivity index (χ1) is 18.3. The van der Waals surface area contributed by atoms with E-state index in [0.717, 1.165) is 38.6 Å². The third-order valence-corrected chi connectivity index (χ3v) is 10.3. The molecule has 4 aliphatic rings. The van der Waals surface area contributed by atoms with E-state index < -0.39 is 5.91 Å². The molecule has 6 heteroatoms. The highest BCUT2D eigenvalue weighted by atomic mass is 16.5. The van der Waals surface area contributed by atoms with Crippen molar-refractivity contribution in [2.45, 2.75) is 70.1 Å². The Labute approximate surface area is 227 Å². The van der Waals surface area contributed by atoms with Gasteiger partial charge in [0, 0.05) is 30.6 Å². The zero-order valence-electron chi connectivity index (χ0n) is 23.7. The van der Waals surface area contributed by atoms with E-state index in [1.807, 2.05) is 19.2 Å². The Morgan fingerprint density at radius 1 is 1.13 bits per heavy atom. The van der Waals surface area contributed by atoms with Crippen LogP contribution in [0.2, 0.25) is 0 Å². The number of nitrogens with two attached hydrogens (primary N) is 1. The number of carbonyl (C=O) groups excluding carboxylic acids is 1. The van der Waals surface area contributed by atoms with Crippen molar-refractivity contribution >= 4 is 5.91 Å². The zero-order valence-corrected chi connectivity index (χ0v) is 23.7. The number of likely N-dealkylation sites (N-methyl/N-ethyl adjacent to an activating group) is 1. The number of fused-ring (bicyclic) bond motifs is 3. The summed E-state index contributed by atoms with van der Waals surface area (Å²) < 4.78 is 18.9. The number of ether oxygens (including phenoxy) is 3. The van der Waals surface area contributed by atoms with Crippen LogP contribution in [-0.4, -0.2) is 56.9 Å². The molecule has 1 amide bonds. The number of nitrogens with zero attached hydrogens (tertiary/aromatic N) is 1. The molecular weight excluding hydrogens is 476 g/mol. The van der Waals surface area contributed by atoms with Crippen molar-refractivity contribution in [3.8, 4) is 5.75 Å². The Hall–Kier alpha value is -2.41. The summed E-state index contributed by atoms with van der Waals surface area (Å²) >= 11 is 0. The number of hydrogen-bond acceptors (Lipinski definition) is 5. The lowest BCUT2D eigenvalue weighted by atomic mass is 9.40. The topological polar surface area (TPSA) is 74.0 Å². The summed E-state index contributed by atoms with van der Waals surface area (Å²) in [6.07, 6.45) is 5.21. The van der Waals surface area contributed by atoms with Crippen LogP contribution in [0.15, 0.2) is 42.5 Å². The van der Waals surface area contributed by atoms with Gasteiger partial charge in [-0.3, -0.25) is 4.79 Å². The molecule has 2 unspecified atom stereocenters. The summed E-state index contributed by atoms with van der Waals surface area (Å²) in [6, 6.07) is 14.8. The maximum absolute atomic E-state index is 12.4. The number of rotatable bonds is 10. The molecule has 38 heavy (non-hydrogen) atoms. The summed E-state index contributed by atoms with van der Waals surface area (Å²) in [5.41, 5.74) is 9.70. The Bertz CT molecular complexity index is 1150. The fourth-order valence-electron chi connectivity index (χ4n) is 8.71. The van der Waals surface area contributed by atoms with E-state index in [1.165, 1.54) is 16.7 Å². The van der Waals surface area contributed by atoms with Gasteiger partial charge in [-0.2, -0.15) is 0 Å². The fraction of sp³-hybridized carbons (Fsp3) is 0.594. The summed E-state index contributed by atoms with van der Waals surface area (Å²) in [5.74, 6) is 0.961. The van der Waals surface area contributed by atoms with Gasteiger partial charge in [0.2, 0.25) is 0 Å². The average Bonchev–Trinajstić information content (AvgIpc) is 2.92. The number of amides is 1. The van der Waals surface area contributed by atoms with E-state index in [-0.39, 0.29) is 22.9 Å². The predicted octanol–water partition coefficient (Wildman–Crippen LogP) is 5.18. The molecule has 206 valence electrons. The Morgan fingerprint density at radius 3 is 2.55 bits per heavy atom. The maximum atomic E-state index is 12.4. The number of methoxy groups -OCH3 is 2. The average molecular weight is 521 g/mol. The largest absolute Gasteiger partial charge is 0.496 e. The van der Waals surface area contributed by atoms with Crippen molar-refractivity contribution in [1.29, 1.82) is 0 Å². The van der Waals surface area contributed by atoms with Gasteiger partial charge in [-0.15, -0.1) is 0 Å². The van der Waals surface area contributed by atoms with Crippen LogP contribution in [0, 0.1) is 17.3 Å². The van der Waals surface area contributed by atoms with E-state index in [2.05, 4.69) is 56.1 Å². The van der Waals surface area contributed by atoms with Crippen molar-refractivity contribution in [2.75, 3.05) is 34.4 Å². The summed E-state index contributed by atoms with van der Waals surface area (Å²) in [4.78, 5) is 15.0. The van der Waals surface area contributed by atoms with Gasteiger partial charge in [0.15, 0.2) is 0 Å². The van der Waals surface area contributed by atoms with Crippen LogP contribution >= 0.6 is 0 Å². The van der Waals surface area contributed by atoms with Crippen molar-refractivity contribution < 1.29 is 19.0 Å². The van der Waals surface area contributed by atoms with Gasteiger partial charge in [0.05, 0.1) is 31.5 Å². The van der Waals surface area contributed by atoms with Crippen molar-refractivity contribution in [1.82, 2.24) is 4.90 Å². The van der Waals surface area contributed by atoms with E-state index in [1.54, 1.807) is 7.11 Å². The van der Waals surface area contributed by atoms with Crippen molar-refractivity contribution in [3.63, 3.8) is 0 Å². The second-order valence-electron chi connectivity index (χ2n) is 11.8. The normalized spacial score (nSPS) is 31.6. The maximum Gasteiger partial charge on any atom is 0.252 e. The number of carbonyl (C=O) groups is 1. The van der Waals surface area contributed by atoms with Crippen LogP contribution in [0.3, 0.4) is 0 Å². The Kier molecular flexibility index (Phi) is 7.60. The minimum atomic E-state index is -0.439. The van der Waals surface area contributed by atoms with Crippen LogP contribution in [0.25, 0.3) is 0 Å². The molecule has 0 heterocycles. The minimum Gasteiger partial charge on any atom is -0.496 e. The summed E-state index contributed by atoms with van der Waals surface area (Å²) in [5, 5.41) is 0. The highest BCUT2D eigenvalue weighted by molar-refractivity contribution is 5.96. The first-order valence-electron chi connectivity index (χ1n) is 14.2. The van der Waals surface area contributed by atoms with Gasteiger partial charge in [-0.25, -0.2) is 0 Å². The highest BCUT2D eigenvalue weighted by Crippen LogP contribution is 2.70. The highest BCUT2D eigenvalue weighted by Gasteiger charge is 2.68. The molecule has 2 bridgehead atoms. The molecule has 3 fully saturated rings. The first kappa shape index (κ1) is 27.2. The SMILES string of the molecule is CCCN(C)[C@@H]1Cc2ccc(C(N)=O)c(OC)c2C2C(C)[C@@]3(OC)CC[C@]21C[C@@H]3COCc1ccccc1. The molecule has 0 radical (unpaired) electrons. The van der Waals surface area contributed by atoms with E-state index >= 15 is 0 Å². The molecule has 2 N–H and O–H groups in total. The third-order valence-electron chi connectivity index (χ3n) is 10.3. The van der Waals surface area contributed by atoms with Gasteiger partial charge in [0.1, 0.15) is 5.75 Å². The lowest BCUT2D eigenvalue weighted by molar-refractivity contribution is -0.232. The van der Waals surface area contributed by atoms with Crippen LogP contribution in [0.5, 0.6) is 5.75 Å². The summed E-state index contributed by atoms with van der Waals surface area (Å²) in [6.45, 7) is 6.96. The predicted molar refractivity (Wildman–Crippen MR) is 149 cm³/mol. The van der Waals surface area contributed by atoms with Crippen LogP contribution in [0.1, 0.15) is 72.5 Å². The van der Waals surface area contributed by atoms with Gasteiger partial charge in [-0.05, 0) is 74.2 Å². The standard InChI is InChI=1S/C32H44N2O4/c1-6-16-34(3)26-17-23-12-13-25(30(33)35)29(36-4)27(23)28-21(2)32(37-5)15-14-31(26,28)18-24(32)20-38-19-22-10-8-7-9-11-22/h7-13,21,24,26,28H,6,14-20H2,1-5H3,(H2,33,35)/t21?,24-,26-,28?,31-,32+/m1/s1. The molecule has 6 atom stereocenters. The summed E-state index contributed by atoms with van der Waals surface area (Å²) in [7, 11) is 5.83. The zero-order chi connectivity index (χ0) is 27.1. The fourth-order valence-corrected chi connectivity index (χ4v) is 8.71. The molecule has 0 aromatic heterocycles. The molecule has 6 rings (SSSR count). The molecule has 2 aromatic carbocycles. The quantitative estimate of drug-likeness (QED) is 0.467. The lowest BCUT2D eigenvalue weighted by Gasteiger charge is -2.69. The van der Waals surface area contributed by atoms with Gasteiger partial charge in [0.25, 0.3) is 5.91 Å². The molecule has 4 aliphatic carbocycles. The Morgan fingerprint density at radius 2 is 1.89 bits per heavy atom. The molecular formula is C32H44N2O4. The van der Waals surface area contributed by atoms with Crippen LogP contribution in [-0.2, 0) is 22.5 Å². The van der Waals surface area contributed by atoms with Crippen LogP contribution < -0.4 is 10.5 Å². The number of hydrogen-bond donors (Lipinski definition) is 1. The van der Waals surface area contributed by atoms with E-state index in [4.69, 9.17) is 19.9 Å². The molecule has 1 spiro atoms. The van der Waals surface area contributed by atoms with Gasteiger partial charge >= 0.3 is 0 Å². The smallest absolute Gasteiger partial charge is 0.252 e. The molecule has 3 saturated carbocycles. The molecule has 0 saturated heterocycles. The molecule has 2 aromatic rings. The van der Waals surface area contributed by atoms with E-state index in [9.17, 15) is 4.79 Å². The molecule has 6 nitrogen and oxygen atoms in total. The van der Waals surface area contributed by atoms with Gasteiger partial charge in [-0.1, -0.05) is 50.2 Å². The van der Waals surface area contributed by atoms with Crippen molar-refractivity contribution in [3.05, 3.63) is 64.7 Å². The Balaban J connectivity index is 1.58. The lowest BCUT2D eigenvalue weighted by Crippen LogP contribution is -2.69. The first-order valence-corrected chi connectivity index (χ1v) is 14.2. The molecule has 0 aliphatic heterocycles. The minimum absolute atomic E-state index is 0.0426. The van der Waals surface area contributed by atoms with E-state index in [0.29, 0.717) is 36.5 Å².